The van der Waals surface area contributed by atoms with E-state index in [1.54, 1.807) is 0 Å². The van der Waals surface area contributed by atoms with E-state index >= 15 is 0 Å². The molecular formula is C37H30. The highest BCUT2D eigenvalue weighted by atomic mass is 14.2. The molecule has 0 aliphatic carbocycles. The summed E-state index contributed by atoms with van der Waals surface area (Å²) < 4.78 is 0. The van der Waals surface area contributed by atoms with Gasteiger partial charge in [0.15, 0.2) is 0 Å². The molecule has 0 heteroatoms. The molecule has 0 amide bonds. The molecule has 0 bridgehead atoms. The van der Waals surface area contributed by atoms with Gasteiger partial charge >= 0.3 is 0 Å². The average Bonchev–Trinajstić information content (AvgIpc) is 2.95. The molecule has 0 nitrogen and oxygen atoms in total. The molecule has 0 aliphatic heterocycles. The molecule has 0 radical (unpaired) electrons. The van der Waals surface area contributed by atoms with Crippen LogP contribution in [0.15, 0.2) is 134 Å². The quantitative estimate of drug-likeness (QED) is 0.166. The van der Waals surface area contributed by atoms with Crippen LogP contribution in [0.5, 0.6) is 0 Å². The summed E-state index contributed by atoms with van der Waals surface area (Å²) in [4.78, 5) is 0. The van der Waals surface area contributed by atoms with Crippen molar-refractivity contribution in [2.24, 2.45) is 0 Å². The van der Waals surface area contributed by atoms with Gasteiger partial charge < -0.3 is 0 Å². The zero-order valence-electron chi connectivity index (χ0n) is 21.2. The van der Waals surface area contributed by atoms with Crippen molar-refractivity contribution in [1.29, 1.82) is 0 Å². The lowest BCUT2D eigenvalue weighted by atomic mass is 9.85. The van der Waals surface area contributed by atoms with E-state index in [1.807, 2.05) is 12.2 Å². The Balaban J connectivity index is 1.63. The first-order valence-corrected chi connectivity index (χ1v) is 13.1. The molecule has 0 fully saturated rings. The highest BCUT2D eigenvalue weighted by Gasteiger charge is 2.16. The van der Waals surface area contributed by atoms with Crippen LogP contribution in [-0.4, -0.2) is 0 Å². The first-order valence-electron chi connectivity index (χ1n) is 13.1. The molecule has 0 N–H and O–H groups in total. The third-order valence-corrected chi connectivity index (χ3v) is 7.37. The molecule has 6 aromatic rings. The van der Waals surface area contributed by atoms with Gasteiger partial charge in [0.1, 0.15) is 0 Å². The maximum absolute atomic E-state index is 3.78. The number of fused-ring (bicyclic) bond motifs is 3. The van der Waals surface area contributed by atoms with E-state index in [0.29, 0.717) is 0 Å². The fraction of sp³-hybridized carbons (Fsp3) is 0.0811. The summed E-state index contributed by atoms with van der Waals surface area (Å²) in [5.74, 6) is 0. The molecule has 0 saturated carbocycles. The van der Waals surface area contributed by atoms with Crippen LogP contribution in [0.1, 0.15) is 18.1 Å². The van der Waals surface area contributed by atoms with Crippen molar-refractivity contribution in [3.05, 3.63) is 145 Å². The summed E-state index contributed by atoms with van der Waals surface area (Å²) in [5, 5.41) is 7.72. The maximum Gasteiger partial charge on any atom is -0.00262 e. The van der Waals surface area contributed by atoms with Gasteiger partial charge in [0.05, 0.1) is 0 Å². The summed E-state index contributed by atoms with van der Waals surface area (Å²) >= 11 is 0. The van der Waals surface area contributed by atoms with E-state index < -0.39 is 0 Å². The minimum Gasteiger partial charge on any atom is -0.0991 e. The zero-order valence-corrected chi connectivity index (χ0v) is 21.2. The van der Waals surface area contributed by atoms with Gasteiger partial charge in [-0.25, -0.2) is 0 Å². The molecule has 37 heavy (non-hydrogen) atoms. The fourth-order valence-corrected chi connectivity index (χ4v) is 5.58. The Bertz CT molecular complexity index is 1740. The number of rotatable bonds is 6. The number of benzene rings is 6. The Hall–Kier alpha value is -4.42. The topological polar surface area (TPSA) is 0 Å². The van der Waals surface area contributed by atoms with Gasteiger partial charge in [-0.2, -0.15) is 0 Å². The Labute approximate surface area is 219 Å². The van der Waals surface area contributed by atoms with Crippen molar-refractivity contribution in [1.82, 2.24) is 0 Å². The highest BCUT2D eigenvalue weighted by Crippen LogP contribution is 2.44. The maximum atomic E-state index is 3.78. The van der Waals surface area contributed by atoms with Crippen molar-refractivity contribution in [2.75, 3.05) is 0 Å². The monoisotopic (exact) mass is 474 g/mol. The Morgan fingerprint density at radius 2 is 1.19 bits per heavy atom. The summed E-state index contributed by atoms with van der Waals surface area (Å²) in [7, 11) is 0. The van der Waals surface area contributed by atoms with Gasteiger partial charge in [-0.3, -0.25) is 0 Å². The predicted octanol–water partition coefficient (Wildman–Crippen LogP) is 10.3. The highest BCUT2D eigenvalue weighted by molar-refractivity contribution is 6.21. The molecule has 0 unspecified atom stereocenters. The molecule has 178 valence electrons. The molecule has 0 spiro atoms. The molecule has 0 atom stereocenters. The second-order valence-corrected chi connectivity index (χ2v) is 9.66. The van der Waals surface area contributed by atoms with Gasteiger partial charge in [0.2, 0.25) is 0 Å². The molecule has 6 aromatic carbocycles. The van der Waals surface area contributed by atoms with Crippen molar-refractivity contribution in [3.63, 3.8) is 0 Å². The second kappa shape index (κ2) is 9.91. The van der Waals surface area contributed by atoms with Crippen LogP contribution in [0.2, 0.25) is 0 Å². The van der Waals surface area contributed by atoms with E-state index in [0.717, 1.165) is 12.8 Å². The SMILES string of the molecule is C=C/C=C\Cc1ccc2ccc(-c3c4ccccc4c(-c4cccc(CC)c4)c4ccccc34)cc2c1. The summed E-state index contributed by atoms with van der Waals surface area (Å²) in [5.41, 5.74) is 7.84. The number of aryl methyl sites for hydroxylation is 1. The second-order valence-electron chi connectivity index (χ2n) is 9.66. The first-order chi connectivity index (χ1) is 18.3. The lowest BCUT2D eigenvalue weighted by molar-refractivity contribution is 1.14. The van der Waals surface area contributed by atoms with Gasteiger partial charge in [-0.15, -0.1) is 0 Å². The Kier molecular flexibility index (Phi) is 6.16. The van der Waals surface area contributed by atoms with Crippen molar-refractivity contribution >= 4 is 32.3 Å². The van der Waals surface area contributed by atoms with Crippen LogP contribution in [-0.2, 0) is 12.8 Å². The fourth-order valence-electron chi connectivity index (χ4n) is 5.58. The van der Waals surface area contributed by atoms with E-state index in [4.69, 9.17) is 0 Å². The van der Waals surface area contributed by atoms with E-state index in [9.17, 15) is 0 Å². The molecule has 6 rings (SSSR count). The average molecular weight is 475 g/mol. The van der Waals surface area contributed by atoms with Gasteiger partial charge in [-0.1, -0.05) is 135 Å². The smallest absolute Gasteiger partial charge is 0.00262 e. The summed E-state index contributed by atoms with van der Waals surface area (Å²) in [6.45, 7) is 6.01. The normalized spacial score (nSPS) is 11.6. The Morgan fingerprint density at radius 3 is 1.81 bits per heavy atom. The Morgan fingerprint density at radius 1 is 0.568 bits per heavy atom. The van der Waals surface area contributed by atoms with Crippen LogP contribution in [0.25, 0.3) is 54.6 Å². The zero-order chi connectivity index (χ0) is 25.2. The summed E-state index contributed by atoms with van der Waals surface area (Å²) in [6, 6.07) is 40.5. The van der Waals surface area contributed by atoms with Gasteiger partial charge in [0, 0.05) is 0 Å². The van der Waals surface area contributed by atoms with Crippen LogP contribution >= 0.6 is 0 Å². The van der Waals surface area contributed by atoms with E-state index in [2.05, 4.69) is 129 Å². The number of hydrogen-bond donors (Lipinski definition) is 0. The molecule has 0 aromatic heterocycles. The minimum atomic E-state index is 0.906. The van der Waals surface area contributed by atoms with Crippen LogP contribution in [0.3, 0.4) is 0 Å². The number of hydrogen-bond acceptors (Lipinski definition) is 0. The third kappa shape index (κ3) is 4.26. The van der Waals surface area contributed by atoms with Crippen LogP contribution in [0.4, 0.5) is 0 Å². The number of allylic oxidation sites excluding steroid dienone is 3. The molecule has 0 saturated heterocycles. The van der Waals surface area contributed by atoms with E-state index in [-0.39, 0.29) is 0 Å². The third-order valence-electron chi connectivity index (χ3n) is 7.37. The molecule has 0 aliphatic rings. The van der Waals surface area contributed by atoms with Crippen LogP contribution in [0, 0.1) is 0 Å². The first kappa shape index (κ1) is 23.0. The lowest BCUT2D eigenvalue weighted by Gasteiger charge is -2.18. The summed E-state index contributed by atoms with van der Waals surface area (Å²) in [6.07, 6.45) is 7.94. The largest absolute Gasteiger partial charge is 0.0991 e. The molecular weight excluding hydrogens is 444 g/mol. The van der Waals surface area contributed by atoms with Crippen molar-refractivity contribution < 1.29 is 0 Å². The van der Waals surface area contributed by atoms with E-state index in [1.165, 1.54) is 65.7 Å². The van der Waals surface area contributed by atoms with Crippen molar-refractivity contribution in [2.45, 2.75) is 19.8 Å². The minimum absolute atomic E-state index is 0.906. The van der Waals surface area contributed by atoms with Crippen LogP contribution < -0.4 is 0 Å². The van der Waals surface area contributed by atoms with Gasteiger partial charge in [0.25, 0.3) is 0 Å². The van der Waals surface area contributed by atoms with Crippen molar-refractivity contribution in [3.8, 4) is 22.3 Å². The van der Waals surface area contributed by atoms with Gasteiger partial charge in [-0.05, 0) is 84.6 Å². The standard InChI is InChI=1S/C37H30/c1-3-5-6-12-27-19-20-28-21-22-30(25-31(28)24-27)37-34-17-9-7-15-32(34)36(33-16-8-10-18-35(33)37)29-14-11-13-26(4-2)23-29/h3,5-11,13-25H,1,4,12H2,2H3/b6-5-. The predicted molar refractivity (Wildman–Crippen MR) is 162 cm³/mol. The lowest BCUT2D eigenvalue weighted by Crippen LogP contribution is -1.92. The molecule has 0 heterocycles.